The molecule has 1 aliphatic carbocycles. The maximum Gasteiger partial charge on any atom is 0.306 e. The van der Waals surface area contributed by atoms with Gasteiger partial charge in [-0.15, -0.1) is 0 Å². The number of carboxylic acid groups (broad SMARTS) is 1. The van der Waals surface area contributed by atoms with Crippen LogP contribution in [0, 0.1) is 5.92 Å². The summed E-state index contributed by atoms with van der Waals surface area (Å²) in [7, 11) is 0. The number of hydrogen-bond donors (Lipinski definition) is 1. The molecule has 0 amide bonds. The largest absolute Gasteiger partial charge is 0.481 e. The molecule has 1 N–H and O–H groups in total. The Bertz CT molecular complexity index is 97.2. The Hall–Kier alpha value is -0.0235. The molecular weight excluding hydrogens is 163 g/mol. The first-order valence-electron chi connectivity index (χ1n) is 3.03. The maximum atomic E-state index is 10.2. The molecule has 0 spiro atoms. The van der Waals surface area contributed by atoms with Gasteiger partial charge in [0.05, 0.1) is 5.92 Å². The summed E-state index contributed by atoms with van der Waals surface area (Å²) in [6, 6.07) is 0. The van der Waals surface area contributed by atoms with Gasteiger partial charge in [-0.25, -0.2) is 0 Å². The van der Waals surface area contributed by atoms with E-state index in [1.807, 2.05) is 0 Å². The Kier molecular flexibility index (Phi) is 3.89. The van der Waals surface area contributed by atoms with Gasteiger partial charge in [0.2, 0.25) is 0 Å². The maximum absolute atomic E-state index is 10.2. The van der Waals surface area contributed by atoms with E-state index in [1.165, 1.54) is 0 Å². The SMILES string of the molecule is O=C(O)C1CCCC1.[Co]. The van der Waals surface area contributed by atoms with Gasteiger partial charge >= 0.3 is 5.97 Å². The Balaban J connectivity index is 0.000000640. The Morgan fingerprint density at radius 1 is 1.33 bits per heavy atom. The van der Waals surface area contributed by atoms with E-state index in [0.717, 1.165) is 25.7 Å². The fraction of sp³-hybridized carbons (Fsp3) is 0.833. The van der Waals surface area contributed by atoms with Crippen molar-refractivity contribution < 1.29 is 26.7 Å². The second-order valence-electron chi connectivity index (χ2n) is 2.32. The van der Waals surface area contributed by atoms with Gasteiger partial charge in [-0.3, -0.25) is 4.79 Å². The van der Waals surface area contributed by atoms with Crippen LogP contribution < -0.4 is 0 Å². The molecule has 3 heteroatoms. The van der Waals surface area contributed by atoms with Crippen LogP contribution in [0.2, 0.25) is 0 Å². The first kappa shape index (κ1) is 8.98. The topological polar surface area (TPSA) is 37.3 Å². The van der Waals surface area contributed by atoms with E-state index in [9.17, 15) is 4.79 Å². The molecule has 9 heavy (non-hydrogen) atoms. The van der Waals surface area contributed by atoms with E-state index in [1.54, 1.807) is 0 Å². The van der Waals surface area contributed by atoms with E-state index >= 15 is 0 Å². The van der Waals surface area contributed by atoms with Crippen molar-refractivity contribution in [2.24, 2.45) is 5.92 Å². The molecule has 0 saturated heterocycles. The summed E-state index contributed by atoms with van der Waals surface area (Å²) in [6.07, 6.45) is 4.01. The summed E-state index contributed by atoms with van der Waals surface area (Å²) < 4.78 is 0. The average Bonchev–Trinajstić information content (AvgIpc) is 2.12. The van der Waals surface area contributed by atoms with Crippen molar-refractivity contribution in [1.82, 2.24) is 0 Å². The summed E-state index contributed by atoms with van der Waals surface area (Å²) >= 11 is 0. The van der Waals surface area contributed by atoms with Crippen LogP contribution in [0.4, 0.5) is 0 Å². The van der Waals surface area contributed by atoms with E-state index in [2.05, 4.69) is 0 Å². The summed E-state index contributed by atoms with van der Waals surface area (Å²) in [6.45, 7) is 0. The van der Waals surface area contributed by atoms with Crippen molar-refractivity contribution in [3.05, 3.63) is 0 Å². The van der Waals surface area contributed by atoms with Gasteiger partial charge in [0.25, 0.3) is 0 Å². The zero-order valence-electron chi connectivity index (χ0n) is 5.09. The van der Waals surface area contributed by atoms with Gasteiger partial charge in [0.15, 0.2) is 0 Å². The molecular formula is C6H10CoO2. The third-order valence-electron chi connectivity index (χ3n) is 1.70. The van der Waals surface area contributed by atoms with Crippen LogP contribution in [0.5, 0.6) is 0 Å². The van der Waals surface area contributed by atoms with Crippen molar-refractivity contribution in [2.75, 3.05) is 0 Å². The molecule has 2 nitrogen and oxygen atoms in total. The van der Waals surface area contributed by atoms with Crippen LogP contribution >= 0.6 is 0 Å². The van der Waals surface area contributed by atoms with Gasteiger partial charge in [-0.05, 0) is 12.8 Å². The van der Waals surface area contributed by atoms with Crippen LogP contribution in [0.1, 0.15) is 25.7 Å². The fourth-order valence-corrected chi connectivity index (χ4v) is 1.17. The molecule has 55 valence electrons. The first-order chi connectivity index (χ1) is 3.80. The average molecular weight is 173 g/mol. The predicted octanol–water partition coefficient (Wildman–Crippen LogP) is 1.26. The summed E-state index contributed by atoms with van der Waals surface area (Å²) in [5.74, 6) is -0.627. The first-order valence-corrected chi connectivity index (χ1v) is 3.03. The van der Waals surface area contributed by atoms with E-state index in [0.29, 0.717) is 0 Å². The fourth-order valence-electron chi connectivity index (χ4n) is 1.17. The van der Waals surface area contributed by atoms with Crippen molar-refractivity contribution in [3.63, 3.8) is 0 Å². The molecule has 0 aromatic heterocycles. The Morgan fingerprint density at radius 3 is 2.00 bits per heavy atom. The monoisotopic (exact) mass is 173 g/mol. The molecule has 1 aliphatic rings. The summed E-state index contributed by atoms with van der Waals surface area (Å²) in [5, 5.41) is 8.41. The minimum Gasteiger partial charge on any atom is -0.481 e. The van der Waals surface area contributed by atoms with Gasteiger partial charge < -0.3 is 5.11 Å². The molecule has 0 heterocycles. The van der Waals surface area contributed by atoms with Gasteiger partial charge in [0.1, 0.15) is 0 Å². The zero-order valence-corrected chi connectivity index (χ0v) is 6.14. The second kappa shape index (κ2) is 3.90. The molecule has 0 aromatic carbocycles. The van der Waals surface area contributed by atoms with Crippen LogP contribution in [0.25, 0.3) is 0 Å². The minimum atomic E-state index is -0.609. The predicted molar refractivity (Wildman–Crippen MR) is 29.6 cm³/mol. The smallest absolute Gasteiger partial charge is 0.306 e. The quantitative estimate of drug-likeness (QED) is 0.648. The van der Waals surface area contributed by atoms with Gasteiger partial charge in [0, 0.05) is 16.8 Å². The van der Waals surface area contributed by atoms with Crippen LogP contribution in [-0.2, 0) is 21.6 Å². The second-order valence-corrected chi connectivity index (χ2v) is 2.32. The van der Waals surface area contributed by atoms with E-state index < -0.39 is 5.97 Å². The van der Waals surface area contributed by atoms with Crippen LogP contribution in [-0.4, -0.2) is 11.1 Å². The summed E-state index contributed by atoms with van der Waals surface area (Å²) in [4.78, 5) is 10.2. The van der Waals surface area contributed by atoms with Crippen molar-refractivity contribution in [1.29, 1.82) is 0 Å². The number of carbonyl (C=O) groups is 1. The van der Waals surface area contributed by atoms with Gasteiger partial charge in [-0.1, -0.05) is 12.8 Å². The number of carboxylic acids is 1. The molecule has 1 radical (unpaired) electrons. The standard InChI is InChI=1S/C6H10O2.Co/c7-6(8)5-3-1-2-4-5;/h5H,1-4H2,(H,7,8);. The van der Waals surface area contributed by atoms with Gasteiger partial charge in [-0.2, -0.15) is 0 Å². The minimum absolute atomic E-state index is 0. The van der Waals surface area contributed by atoms with Crippen LogP contribution in [0.15, 0.2) is 0 Å². The normalized spacial score (nSPS) is 19.1. The molecule has 1 rings (SSSR count). The molecule has 0 bridgehead atoms. The molecule has 0 aromatic rings. The van der Waals surface area contributed by atoms with Crippen LogP contribution in [0.3, 0.4) is 0 Å². The zero-order chi connectivity index (χ0) is 5.98. The Morgan fingerprint density at radius 2 is 1.78 bits per heavy atom. The molecule has 0 atom stereocenters. The molecule has 0 aliphatic heterocycles. The van der Waals surface area contributed by atoms with E-state index in [4.69, 9.17) is 5.11 Å². The molecule has 1 saturated carbocycles. The Labute approximate surface area is 64.8 Å². The third-order valence-corrected chi connectivity index (χ3v) is 1.70. The number of rotatable bonds is 1. The van der Waals surface area contributed by atoms with E-state index in [-0.39, 0.29) is 22.7 Å². The third kappa shape index (κ3) is 2.36. The van der Waals surface area contributed by atoms with Crippen molar-refractivity contribution >= 4 is 5.97 Å². The molecule has 0 unspecified atom stereocenters. The van der Waals surface area contributed by atoms with Crippen molar-refractivity contribution in [2.45, 2.75) is 25.7 Å². The summed E-state index contributed by atoms with van der Waals surface area (Å²) in [5.41, 5.74) is 0. The van der Waals surface area contributed by atoms with Crippen molar-refractivity contribution in [3.8, 4) is 0 Å². The number of aliphatic carboxylic acids is 1. The molecule has 1 fully saturated rings. The number of hydrogen-bond acceptors (Lipinski definition) is 1.